The molecular weight excluding hydrogens is 235 g/mol. The lowest BCUT2D eigenvalue weighted by molar-refractivity contribution is 0.600. The van der Waals surface area contributed by atoms with Crippen LogP contribution < -0.4 is 5.73 Å². The van der Waals surface area contributed by atoms with Gasteiger partial charge in [-0.05, 0) is 17.7 Å². The van der Waals surface area contributed by atoms with Gasteiger partial charge in [0.25, 0.3) is 0 Å². The normalized spacial score (nSPS) is 10.5. The van der Waals surface area contributed by atoms with Crippen LogP contribution in [0.2, 0.25) is 0 Å². The van der Waals surface area contributed by atoms with Gasteiger partial charge in [-0.15, -0.1) is 11.8 Å². The third-order valence-corrected chi connectivity index (χ3v) is 3.48. The number of hydrogen-bond acceptors (Lipinski definition) is 3. The average molecular weight is 248 g/mol. The lowest BCUT2D eigenvalue weighted by Gasteiger charge is -2.06. The van der Waals surface area contributed by atoms with Crippen LogP contribution in [-0.2, 0) is 12.3 Å². The highest BCUT2D eigenvalue weighted by molar-refractivity contribution is 7.98. The van der Waals surface area contributed by atoms with Crippen LogP contribution in [0.25, 0.3) is 0 Å². The first kappa shape index (κ1) is 12.1. The molecule has 2 aromatic rings. The Balaban J connectivity index is 2.09. The molecule has 0 aliphatic heterocycles. The SMILES string of the molecule is NCc1cccc(CSc2ccncc2)c1F. The molecule has 1 heterocycles. The molecule has 0 saturated carbocycles. The molecule has 0 saturated heterocycles. The number of hydrogen-bond donors (Lipinski definition) is 1. The van der Waals surface area contributed by atoms with E-state index in [1.165, 1.54) is 0 Å². The molecule has 2 N–H and O–H groups in total. The number of thioether (sulfide) groups is 1. The topological polar surface area (TPSA) is 38.9 Å². The standard InChI is InChI=1S/C13H13FN2S/c14-13-10(8-15)2-1-3-11(13)9-17-12-4-6-16-7-5-12/h1-7H,8-9,15H2. The molecule has 0 aliphatic rings. The Hall–Kier alpha value is -1.39. The highest BCUT2D eigenvalue weighted by atomic mass is 32.2. The van der Waals surface area contributed by atoms with Crippen LogP contribution >= 0.6 is 11.8 Å². The van der Waals surface area contributed by atoms with Crippen LogP contribution in [-0.4, -0.2) is 4.98 Å². The van der Waals surface area contributed by atoms with Crippen molar-refractivity contribution in [3.8, 4) is 0 Å². The molecule has 0 radical (unpaired) electrons. The zero-order valence-electron chi connectivity index (χ0n) is 9.27. The molecule has 2 rings (SSSR count). The molecule has 1 aromatic heterocycles. The van der Waals surface area contributed by atoms with Crippen LogP contribution in [0.5, 0.6) is 0 Å². The molecule has 88 valence electrons. The minimum Gasteiger partial charge on any atom is -0.326 e. The quantitative estimate of drug-likeness (QED) is 0.845. The van der Waals surface area contributed by atoms with E-state index >= 15 is 0 Å². The third kappa shape index (κ3) is 3.05. The smallest absolute Gasteiger partial charge is 0.131 e. The lowest BCUT2D eigenvalue weighted by Crippen LogP contribution is -2.02. The number of rotatable bonds is 4. The summed E-state index contributed by atoms with van der Waals surface area (Å²) >= 11 is 1.59. The van der Waals surface area contributed by atoms with Gasteiger partial charge in [0.1, 0.15) is 5.82 Å². The summed E-state index contributed by atoms with van der Waals surface area (Å²) in [6.45, 7) is 0.236. The number of benzene rings is 1. The predicted molar refractivity (Wildman–Crippen MR) is 68.1 cm³/mol. The van der Waals surface area contributed by atoms with Crippen molar-refractivity contribution in [3.05, 3.63) is 59.7 Å². The van der Waals surface area contributed by atoms with Gasteiger partial charge in [0.2, 0.25) is 0 Å². The van der Waals surface area contributed by atoms with Crippen molar-refractivity contribution in [1.82, 2.24) is 4.98 Å². The van der Waals surface area contributed by atoms with E-state index in [9.17, 15) is 4.39 Å². The first-order valence-electron chi connectivity index (χ1n) is 5.30. The molecule has 0 atom stereocenters. The predicted octanol–water partition coefficient (Wildman–Crippen LogP) is 2.97. The molecule has 0 aliphatic carbocycles. The zero-order chi connectivity index (χ0) is 12.1. The summed E-state index contributed by atoms with van der Waals surface area (Å²) in [4.78, 5) is 5.02. The van der Waals surface area contributed by atoms with Gasteiger partial charge in [0, 0.05) is 35.2 Å². The fourth-order valence-corrected chi connectivity index (χ4v) is 2.36. The van der Waals surface area contributed by atoms with Crippen molar-refractivity contribution < 1.29 is 4.39 Å². The van der Waals surface area contributed by atoms with Gasteiger partial charge >= 0.3 is 0 Å². The Labute approximate surface area is 104 Å². The van der Waals surface area contributed by atoms with E-state index in [0.717, 1.165) is 4.90 Å². The number of aromatic nitrogens is 1. The maximum atomic E-state index is 13.9. The molecule has 0 spiro atoms. The van der Waals surface area contributed by atoms with Crippen LogP contribution in [0.15, 0.2) is 47.6 Å². The summed E-state index contributed by atoms with van der Waals surface area (Å²) in [5, 5.41) is 0. The Morgan fingerprint density at radius 2 is 1.82 bits per heavy atom. The summed E-state index contributed by atoms with van der Waals surface area (Å²) in [5.74, 6) is 0.417. The number of nitrogens with two attached hydrogens (primary N) is 1. The van der Waals surface area contributed by atoms with E-state index in [4.69, 9.17) is 5.73 Å². The Kier molecular flexibility index (Phi) is 4.12. The molecule has 17 heavy (non-hydrogen) atoms. The summed E-state index contributed by atoms with van der Waals surface area (Å²) in [6, 6.07) is 9.18. The van der Waals surface area contributed by atoms with Gasteiger partial charge in [-0.2, -0.15) is 0 Å². The highest BCUT2D eigenvalue weighted by Gasteiger charge is 2.06. The summed E-state index contributed by atoms with van der Waals surface area (Å²) < 4.78 is 13.9. The number of nitrogens with zero attached hydrogens (tertiary/aromatic N) is 1. The summed E-state index contributed by atoms with van der Waals surface area (Å²) in [5.41, 5.74) is 6.73. The van der Waals surface area contributed by atoms with Gasteiger partial charge in [-0.3, -0.25) is 4.98 Å². The molecule has 0 amide bonds. The first-order chi connectivity index (χ1) is 8.31. The van der Waals surface area contributed by atoms with Crippen molar-refractivity contribution in [2.24, 2.45) is 5.73 Å². The van der Waals surface area contributed by atoms with Crippen molar-refractivity contribution in [2.75, 3.05) is 0 Å². The summed E-state index contributed by atoms with van der Waals surface area (Å²) in [7, 11) is 0. The molecule has 1 aromatic carbocycles. The number of pyridine rings is 1. The van der Waals surface area contributed by atoms with Gasteiger partial charge in [-0.1, -0.05) is 18.2 Å². The average Bonchev–Trinajstić information content (AvgIpc) is 2.39. The maximum absolute atomic E-state index is 13.9. The monoisotopic (exact) mass is 248 g/mol. The maximum Gasteiger partial charge on any atom is 0.131 e. The van der Waals surface area contributed by atoms with Crippen LogP contribution in [0.4, 0.5) is 4.39 Å². The van der Waals surface area contributed by atoms with Crippen LogP contribution in [0, 0.1) is 5.82 Å². The lowest BCUT2D eigenvalue weighted by atomic mass is 10.1. The highest BCUT2D eigenvalue weighted by Crippen LogP contribution is 2.24. The van der Waals surface area contributed by atoms with Crippen LogP contribution in [0.1, 0.15) is 11.1 Å². The Bertz CT molecular complexity index is 488. The molecule has 2 nitrogen and oxygen atoms in total. The zero-order valence-corrected chi connectivity index (χ0v) is 10.1. The van der Waals surface area contributed by atoms with Gasteiger partial charge in [0.15, 0.2) is 0 Å². The van der Waals surface area contributed by atoms with Crippen LogP contribution in [0.3, 0.4) is 0 Å². The molecule has 4 heteroatoms. The second-order valence-electron chi connectivity index (χ2n) is 3.57. The van der Waals surface area contributed by atoms with E-state index in [0.29, 0.717) is 16.9 Å². The second kappa shape index (κ2) is 5.80. The largest absolute Gasteiger partial charge is 0.326 e. The van der Waals surface area contributed by atoms with Gasteiger partial charge < -0.3 is 5.73 Å². The molecule has 0 unspecified atom stereocenters. The fraction of sp³-hybridized carbons (Fsp3) is 0.154. The van der Waals surface area contributed by atoms with Crippen molar-refractivity contribution in [3.63, 3.8) is 0 Å². The van der Waals surface area contributed by atoms with Gasteiger partial charge in [0.05, 0.1) is 0 Å². The van der Waals surface area contributed by atoms with E-state index < -0.39 is 0 Å². The molecule has 0 bridgehead atoms. The van der Waals surface area contributed by atoms with E-state index in [1.54, 1.807) is 36.3 Å². The van der Waals surface area contributed by atoms with E-state index in [-0.39, 0.29) is 12.4 Å². The summed E-state index contributed by atoms with van der Waals surface area (Å²) in [6.07, 6.45) is 3.46. The molecule has 0 fully saturated rings. The van der Waals surface area contributed by atoms with Gasteiger partial charge in [-0.25, -0.2) is 4.39 Å². The number of halogens is 1. The minimum atomic E-state index is -0.184. The molecular formula is C13H13FN2S. The van der Waals surface area contributed by atoms with Crippen molar-refractivity contribution in [2.45, 2.75) is 17.2 Å². The Morgan fingerprint density at radius 1 is 1.12 bits per heavy atom. The first-order valence-corrected chi connectivity index (χ1v) is 6.29. The Morgan fingerprint density at radius 3 is 2.53 bits per heavy atom. The minimum absolute atomic E-state index is 0.184. The van der Waals surface area contributed by atoms with E-state index in [1.807, 2.05) is 18.2 Å². The van der Waals surface area contributed by atoms with Crippen molar-refractivity contribution in [1.29, 1.82) is 0 Å². The van der Waals surface area contributed by atoms with E-state index in [2.05, 4.69) is 4.98 Å². The third-order valence-electron chi connectivity index (χ3n) is 2.42. The van der Waals surface area contributed by atoms with Crippen molar-refractivity contribution >= 4 is 11.8 Å². The second-order valence-corrected chi connectivity index (χ2v) is 4.61. The fourth-order valence-electron chi connectivity index (χ4n) is 1.50.